The molecular formula is C12H18N4. The summed E-state index contributed by atoms with van der Waals surface area (Å²) in [5.74, 6) is 3.81. The number of nitrogens with two attached hydrogens (primary N) is 1. The van der Waals surface area contributed by atoms with Crippen LogP contribution in [0.2, 0.25) is 0 Å². The van der Waals surface area contributed by atoms with Gasteiger partial charge in [0.15, 0.2) is 0 Å². The molecule has 0 spiro atoms. The third-order valence-corrected chi connectivity index (χ3v) is 3.49. The predicted molar refractivity (Wildman–Crippen MR) is 64.2 cm³/mol. The van der Waals surface area contributed by atoms with E-state index in [0.717, 1.165) is 17.6 Å². The molecule has 4 heteroatoms. The Morgan fingerprint density at radius 3 is 2.88 bits per heavy atom. The molecule has 1 aromatic rings. The molecule has 0 bridgehead atoms. The van der Waals surface area contributed by atoms with Gasteiger partial charge in [-0.05, 0) is 25.2 Å². The Balaban J connectivity index is 1.73. The summed E-state index contributed by atoms with van der Waals surface area (Å²) in [5.41, 5.74) is 5.80. The van der Waals surface area contributed by atoms with E-state index < -0.39 is 0 Å². The van der Waals surface area contributed by atoms with Crippen molar-refractivity contribution in [3.05, 3.63) is 11.9 Å². The van der Waals surface area contributed by atoms with E-state index in [1.54, 1.807) is 0 Å². The summed E-state index contributed by atoms with van der Waals surface area (Å²) in [6.45, 7) is 2.23. The molecule has 0 aromatic carbocycles. The van der Waals surface area contributed by atoms with Crippen LogP contribution in [-0.2, 0) is 0 Å². The van der Waals surface area contributed by atoms with Crippen molar-refractivity contribution in [1.82, 2.24) is 9.97 Å². The van der Waals surface area contributed by atoms with Crippen molar-refractivity contribution < 1.29 is 0 Å². The molecule has 2 saturated carbocycles. The van der Waals surface area contributed by atoms with Crippen LogP contribution in [0.25, 0.3) is 0 Å². The minimum Gasteiger partial charge on any atom is -0.384 e. The van der Waals surface area contributed by atoms with Gasteiger partial charge in [0.05, 0.1) is 0 Å². The summed E-state index contributed by atoms with van der Waals surface area (Å²) in [6, 6.07) is 2.45. The van der Waals surface area contributed by atoms with E-state index in [9.17, 15) is 0 Å². The first kappa shape index (κ1) is 9.87. The quantitative estimate of drug-likeness (QED) is 0.812. The lowest BCUT2D eigenvalue weighted by atomic mass is 10.3. The first-order valence-electron chi connectivity index (χ1n) is 6.17. The van der Waals surface area contributed by atoms with E-state index in [-0.39, 0.29) is 0 Å². The van der Waals surface area contributed by atoms with Crippen LogP contribution in [0.4, 0.5) is 11.6 Å². The standard InChI is InChI=1S/C12H18N4/c1-2-7-5-9(7)14-11-6-10(13)15-12(16-11)8-3-4-8/h6-9H,2-5H2,1H3,(H3,13,14,15,16). The highest BCUT2D eigenvalue weighted by Gasteiger charge is 2.35. The van der Waals surface area contributed by atoms with E-state index in [0.29, 0.717) is 17.8 Å². The van der Waals surface area contributed by atoms with E-state index >= 15 is 0 Å². The number of nitrogens with zero attached hydrogens (tertiary/aromatic N) is 2. The fourth-order valence-electron chi connectivity index (χ4n) is 2.15. The summed E-state index contributed by atoms with van der Waals surface area (Å²) >= 11 is 0. The normalized spacial score (nSPS) is 27.8. The largest absolute Gasteiger partial charge is 0.384 e. The van der Waals surface area contributed by atoms with Crippen LogP contribution < -0.4 is 11.1 Å². The van der Waals surface area contributed by atoms with E-state index in [1.165, 1.54) is 25.7 Å². The number of aromatic nitrogens is 2. The summed E-state index contributed by atoms with van der Waals surface area (Å²) in [6.07, 6.45) is 4.93. The number of rotatable bonds is 4. The third kappa shape index (κ3) is 1.96. The zero-order chi connectivity index (χ0) is 11.1. The summed E-state index contributed by atoms with van der Waals surface area (Å²) < 4.78 is 0. The molecule has 1 heterocycles. The molecule has 2 aliphatic rings. The van der Waals surface area contributed by atoms with Crippen LogP contribution in [0.3, 0.4) is 0 Å². The van der Waals surface area contributed by atoms with Crippen LogP contribution in [0.1, 0.15) is 44.3 Å². The van der Waals surface area contributed by atoms with Gasteiger partial charge in [-0.25, -0.2) is 9.97 Å². The topological polar surface area (TPSA) is 63.8 Å². The number of nitrogen functional groups attached to an aromatic ring is 1. The Morgan fingerprint density at radius 1 is 1.44 bits per heavy atom. The first-order valence-corrected chi connectivity index (χ1v) is 6.17. The average Bonchev–Trinajstić information content (AvgIpc) is 3.12. The smallest absolute Gasteiger partial charge is 0.136 e. The molecular weight excluding hydrogens is 200 g/mol. The van der Waals surface area contributed by atoms with Gasteiger partial charge in [-0.1, -0.05) is 13.3 Å². The maximum absolute atomic E-state index is 5.80. The molecule has 2 atom stereocenters. The molecule has 0 radical (unpaired) electrons. The SMILES string of the molecule is CCC1CC1Nc1cc(N)nc(C2CC2)n1. The lowest BCUT2D eigenvalue weighted by Gasteiger charge is -2.07. The second-order valence-electron chi connectivity index (χ2n) is 4.97. The molecule has 2 unspecified atom stereocenters. The highest BCUT2D eigenvalue weighted by Crippen LogP contribution is 2.40. The van der Waals surface area contributed by atoms with Gasteiger partial charge in [0, 0.05) is 18.0 Å². The Bertz CT molecular complexity index is 400. The lowest BCUT2D eigenvalue weighted by Crippen LogP contribution is -2.09. The van der Waals surface area contributed by atoms with Gasteiger partial charge in [0.1, 0.15) is 17.5 Å². The van der Waals surface area contributed by atoms with Crippen LogP contribution in [0, 0.1) is 5.92 Å². The number of anilines is 2. The molecule has 0 aliphatic heterocycles. The van der Waals surface area contributed by atoms with E-state index in [1.807, 2.05) is 6.07 Å². The van der Waals surface area contributed by atoms with Gasteiger partial charge in [0.25, 0.3) is 0 Å². The molecule has 0 saturated heterocycles. The lowest BCUT2D eigenvalue weighted by molar-refractivity contribution is 0.772. The van der Waals surface area contributed by atoms with Crippen molar-refractivity contribution in [3.63, 3.8) is 0 Å². The van der Waals surface area contributed by atoms with E-state index in [2.05, 4.69) is 22.2 Å². The molecule has 4 nitrogen and oxygen atoms in total. The molecule has 86 valence electrons. The second kappa shape index (κ2) is 3.61. The van der Waals surface area contributed by atoms with Crippen molar-refractivity contribution in [2.45, 2.75) is 44.6 Å². The van der Waals surface area contributed by atoms with E-state index in [4.69, 9.17) is 5.73 Å². The van der Waals surface area contributed by atoms with Crippen molar-refractivity contribution in [1.29, 1.82) is 0 Å². The monoisotopic (exact) mass is 218 g/mol. The zero-order valence-corrected chi connectivity index (χ0v) is 9.61. The average molecular weight is 218 g/mol. The fraction of sp³-hybridized carbons (Fsp3) is 0.667. The van der Waals surface area contributed by atoms with Gasteiger partial charge in [-0.3, -0.25) is 0 Å². The Morgan fingerprint density at radius 2 is 2.25 bits per heavy atom. The van der Waals surface area contributed by atoms with Gasteiger partial charge in [-0.15, -0.1) is 0 Å². The fourth-order valence-corrected chi connectivity index (χ4v) is 2.15. The van der Waals surface area contributed by atoms with Crippen LogP contribution >= 0.6 is 0 Å². The maximum atomic E-state index is 5.80. The van der Waals surface area contributed by atoms with Crippen molar-refractivity contribution >= 4 is 11.6 Å². The van der Waals surface area contributed by atoms with Crippen LogP contribution in [0.15, 0.2) is 6.07 Å². The minimum absolute atomic E-state index is 0.560. The van der Waals surface area contributed by atoms with Crippen molar-refractivity contribution in [2.75, 3.05) is 11.1 Å². The molecule has 2 aliphatic carbocycles. The molecule has 2 fully saturated rings. The predicted octanol–water partition coefficient (Wildman–Crippen LogP) is 2.15. The highest BCUT2D eigenvalue weighted by atomic mass is 15.1. The van der Waals surface area contributed by atoms with Crippen molar-refractivity contribution in [3.8, 4) is 0 Å². The maximum Gasteiger partial charge on any atom is 0.136 e. The number of nitrogens with one attached hydrogen (secondary N) is 1. The molecule has 16 heavy (non-hydrogen) atoms. The van der Waals surface area contributed by atoms with Gasteiger partial charge in [0.2, 0.25) is 0 Å². The van der Waals surface area contributed by atoms with Gasteiger partial charge < -0.3 is 11.1 Å². The molecule has 3 N–H and O–H groups in total. The highest BCUT2D eigenvalue weighted by molar-refractivity contribution is 5.47. The number of hydrogen-bond donors (Lipinski definition) is 2. The summed E-state index contributed by atoms with van der Waals surface area (Å²) in [5, 5.41) is 3.45. The molecule has 0 amide bonds. The molecule has 3 rings (SSSR count). The van der Waals surface area contributed by atoms with Gasteiger partial charge >= 0.3 is 0 Å². The van der Waals surface area contributed by atoms with Crippen molar-refractivity contribution in [2.24, 2.45) is 5.92 Å². The number of hydrogen-bond acceptors (Lipinski definition) is 4. The summed E-state index contributed by atoms with van der Waals surface area (Å²) in [4.78, 5) is 8.83. The van der Waals surface area contributed by atoms with Crippen LogP contribution in [0.5, 0.6) is 0 Å². The third-order valence-electron chi connectivity index (χ3n) is 3.49. The Labute approximate surface area is 95.7 Å². The van der Waals surface area contributed by atoms with Gasteiger partial charge in [-0.2, -0.15) is 0 Å². The zero-order valence-electron chi connectivity index (χ0n) is 9.61. The molecule has 1 aromatic heterocycles. The second-order valence-corrected chi connectivity index (χ2v) is 4.97. The Hall–Kier alpha value is -1.32. The first-order chi connectivity index (χ1) is 7.76. The minimum atomic E-state index is 0.560. The Kier molecular flexibility index (Phi) is 2.23. The van der Waals surface area contributed by atoms with Crippen LogP contribution in [-0.4, -0.2) is 16.0 Å². The summed E-state index contributed by atoms with van der Waals surface area (Å²) in [7, 11) is 0.